The van der Waals surface area contributed by atoms with Crippen molar-refractivity contribution in [2.75, 3.05) is 19.6 Å². The van der Waals surface area contributed by atoms with E-state index in [1.54, 1.807) is 0 Å². The average Bonchev–Trinajstić information content (AvgIpc) is 2.39. The van der Waals surface area contributed by atoms with Crippen LogP contribution >= 0.6 is 0 Å². The molecule has 3 heteroatoms. The van der Waals surface area contributed by atoms with Gasteiger partial charge in [-0.15, -0.1) is 0 Å². The quantitative estimate of drug-likeness (QED) is 0.696. The van der Waals surface area contributed by atoms with Gasteiger partial charge < -0.3 is 15.4 Å². The molecule has 1 saturated carbocycles. The van der Waals surface area contributed by atoms with Crippen LogP contribution in [0.4, 0.5) is 0 Å². The Balaban J connectivity index is 0.000000138. The molecular weight excluding hydrogens is 224 g/mol. The van der Waals surface area contributed by atoms with E-state index in [-0.39, 0.29) is 0 Å². The van der Waals surface area contributed by atoms with Gasteiger partial charge in [0.15, 0.2) is 0 Å². The Morgan fingerprint density at radius 2 is 1.56 bits per heavy atom. The van der Waals surface area contributed by atoms with E-state index in [1.807, 2.05) is 0 Å². The van der Waals surface area contributed by atoms with Crippen molar-refractivity contribution in [2.24, 2.45) is 5.92 Å². The summed E-state index contributed by atoms with van der Waals surface area (Å²) < 4.78 is 5.42. The van der Waals surface area contributed by atoms with Crippen LogP contribution in [0.15, 0.2) is 0 Å². The molecule has 18 heavy (non-hydrogen) atoms. The second-order valence-electron chi connectivity index (χ2n) is 6.16. The molecule has 2 saturated heterocycles. The second-order valence-corrected chi connectivity index (χ2v) is 6.16. The molecule has 4 unspecified atom stereocenters. The van der Waals surface area contributed by atoms with E-state index >= 15 is 0 Å². The maximum absolute atomic E-state index is 5.42. The van der Waals surface area contributed by atoms with Gasteiger partial charge >= 0.3 is 0 Å². The molecule has 0 aromatic carbocycles. The Morgan fingerprint density at radius 3 is 2.17 bits per heavy atom. The normalized spacial score (nSPS) is 40.3. The van der Waals surface area contributed by atoms with Crippen LogP contribution in [-0.2, 0) is 4.74 Å². The van der Waals surface area contributed by atoms with Gasteiger partial charge in [0.25, 0.3) is 0 Å². The first-order chi connectivity index (χ1) is 8.75. The Hall–Kier alpha value is -0.120. The predicted octanol–water partition coefficient (Wildman–Crippen LogP) is 2.31. The molecule has 3 aliphatic rings. The van der Waals surface area contributed by atoms with Gasteiger partial charge in [0, 0.05) is 19.1 Å². The predicted molar refractivity (Wildman–Crippen MR) is 75.9 cm³/mol. The van der Waals surface area contributed by atoms with E-state index in [2.05, 4.69) is 24.5 Å². The first-order valence-electron chi connectivity index (χ1n) is 7.85. The van der Waals surface area contributed by atoms with E-state index in [0.717, 1.165) is 25.0 Å². The third-order valence-electron chi connectivity index (χ3n) is 4.40. The van der Waals surface area contributed by atoms with Gasteiger partial charge in [-0.2, -0.15) is 0 Å². The minimum atomic E-state index is 0.402. The monoisotopic (exact) mass is 254 g/mol. The van der Waals surface area contributed by atoms with Gasteiger partial charge in [0.1, 0.15) is 0 Å². The summed E-state index contributed by atoms with van der Waals surface area (Å²) in [6.07, 6.45) is 9.62. The SMILES string of the molecule is C1CCC2NCCCC2C1.CC1CNCC(C)O1. The average molecular weight is 254 g/mol. The molecule has 0 aromatic rings. The highest BCUT2D eigenvalue weighted by molar-refractivity contribution is 4.84. The summed E-state index contributed by atoms with van der Waals surface area (Å²) in [5.41, 5.74) is 0. The third kappa shape index (κ3) is 4.52. The topological polar surface area (TPSA) is 33.3 Å². The standard InChI is InChI=1S/C9H17N.C6H13NO/c1-2-6-9-8(4-1)5-3-7-10-9;1-5-3-7-4-6(2)8-5/h8-10H,1-7H2;5-7H,3-4H2,1-2H3. The highest BCUT2D eigenvalue weighted by atomic mass is 16.5. The molecule has 2 N–H and O–H groups in total. The van der Waals surface area contributed by atoms with Gasteiger partial charge in [0.2, 0.25) is 0 Å². The van der Waals surface area contributed by atoms with Crippen molar-refractivity contribution in [1.29, 1.82) is 0 Å². The number of hydrogen-bond acceptors (Lipinski definition) is 3. The third-order valence-corrected chi connectivity index (χ3v) is 4.40. The molecular formula is C15H30N2O. The highest BCUT2D eigenvalue weighted by Gasteiger charge is 2.26. The van der Waals surface area contributed by atoms with E-state index in [0.29, 0.717) is 12.2 Å². The summed E-state index contributed by atoms with van der Waals surface area (Å²) in [4.78, 5) is 0. The lowest BCUT2D eigenvalue weighted by atomic mass is 9.80. The van der Waals surface area contributed by atoms with Crippen molar-refractivity contribution in [3.8, 4) is 0 Å². The largest absolute Gasteiger partial charge is 0.373 e. The minimum Gasteiger partial charge on any atom is -0.373 e. The Bertz CT molecular complexity index is 201. The first-order valence-corrected chi connectivity index (χ1v) is 7.85. The molecule has 106 valence electrons. The summed E-state index contributed by atoms with van der Waals surface area (Å²) in [5.74, 6) is 1.04. The van der Waals surface area contributed by atoms with Crippen LogP contribution < -0.4 is 10.6 Å². The fourth-order valence-corrected chi connectivity index (χ4v) is 3.46. The lowest BCUT2D eigenvalue weighted by Gasteiger charge is -2.36. The molecule has 2 heterocycles. The molecule has 0 radical (unpaired) electrons. The number of rotatable bonds is 0. The molecule has 2 aliphatic heterocycles. The van der Waals surface area contributed by atoms with Crippen molar-refractivity contribution in [3.05, 3.63) is 0 Å². The van der Waals surface area contributed by atoms with Crippen LogP contribution in [0.5, 0.6) is 0 Å². The number of nitrogens with one attached hydrogen (secondary N) is 2. The van der Waals surface area contributed by atoms with Crippen LogP contribution in [-0.4, -0.2) is 37.9 Å². The fourth-order valence-electron chi connectivity index (χ4n) is 3.46. The van der Waals surface area contributed by atoms with E-state index in [9.17, 15) is 0 Å². The zero-order valence-electron chi connectivity index (χ0n) is 12.1. The van der Waals surface area contributed by atoms with Crippen molar-refractivity contribution in [1.82, 2.24) is 10.6 Å². The van der Waals surface area contributed by atoms with Crippen molar-refractivity contribution < 1.29 is 4.74 Å². The van der Waals surface area contributed by atoms with E-state index < -0.39 is 0 Å². The highest BCUT2D eigenvalue weighted by Crippen LogP contribution is 2.30. The number of morpholine rings is 1. The Labute approximate surface area is 112 Å². The van der Waals surface area contributed by atoms with Crippen LogP contribution in [0.2, 0.25) is 0 Å². The number of hydrogen-bond donors (Lipinski definition) is 2. The number of piperidine rings is 1. The van der Waals surface area contributed by atoms with Gasteiger partial charge in [-0.05, 0) is 52.0 Å². The molecule has 1 aliphatic carbocycles. The minimum absolute atomic E-state index is 0.402. The zero-order chi connectivity index (χ0) is 12.8. The van der Waals surface area contributed by atoms with E-state index in [1.165, 1.54) is 45.1 Å². The van der Waals surface area contributed by atoms with Crippen LogP contribution in [0.25, 0.3) is 0 Å². The molecule has 3 fully saturated rings. The molecule has 3 nitrogen and oxygen atoms in total. The number of fused-ring (bicyclic) bond motifs is 1. The Kier molecular flexibility index (Phi) is 5.93. The lowest BCUT2D eigenvalue weighted by molar-refractivity contribution is -0.0166. The molecule has 0 bridgehead atoms. The smallest absolute Gasteiger partial charge is 0.0675 e. The second kappa shape index (κ2) is 7.46. The van der Waals surface area contributed by atoms with Crippen molar-refractivity contribution >= 4 is 0 Å². The maximum Gasteiger partial charge on any atom is 0.0675 e. The molecule has 0 amide bonds. The summed E-state index contributed by atoms with van der Waals surface area (Å²) in [5, 5.41) is 6.88. The summed E-state index contributed by atoms with van der Waals surface area (Å²) >= 11 is 0. The van der Waals surface area contributed by atoms with Crippen molar-refractivity contribution in [3.63, 3.8) is 0 Å². The van der Waals surface area contributed by atoms with Gasteiger partial charge in [-0.1, -0.05) is 12.8 Å². The van der Waals surface area contributed by atoms with E-state index in [4.69, 9.17) is 4.74 Å². The summed E-state index contributed by atoms with van der Waals surface area (Å²) in [7, 11) is 0. The van der Waals surface area contributed by atoms with Gasteiger partial charge in [-0.3, -0.25) is 0 Å². The van der Waals surface area contributed by atoms with Gasteiger partial charge in [-0.25, -0.2) is 0 Å². The van der Waals surface area contributed by atoms with Crippen molar-refractivity contribution in [2.45, 2.75) is 70.6 Å². The van der Waals surface area contributed by atoms with Crippen LogP contribution in [0, 0.1) is 5.92 Å². The molecule has 0 spiro atoms. The van der Waals surface area contributed by atoms with Crippen LogP contribution in [0.3, 0.4) is 0 Å². The van der Waals surface area contributed by atoms with Crippen LogP contribution in [0.1, 0.15) is 52.4 Å². The van der Waals surface area contributed by atoms with Gasteiger partial charge in [0.05, 0.1) is 12.2 Å². The maximum atomic E-state index is 5.42. The summed E-state index contributed by atoms with van der Waals surface area (Å²) in [6, 6.07) is 0.905. The Morgan fingerprint density at radius 1 is 0.889 bits per heavy atom. The number of ether oxygens (including phenoxy) is 1. The zero-order valence-corrected chi connectivity index (χ0v) is 12.1. The lowest BCUT2D eigenvalue weighted by Crippen LogP contribution is -2.42. The first kappa shape index (κ1) is 14.3. The summed E-state index contributed by atoms with van der Waals surface area (Å²) in [6.45, 7) is 7.46. The molecule has 3 rings (SSSR count). The fraction of sp³-hybridized carbons (Fsp3) is 1.00. The molecule has 4 atom stereocenters. The molecule has 0 aromatic heterocycles.